The first-order valence-electron chi connectivity index (χ1n) is 10.5. The molecule has 0 atom stereocenters. The van der Waals surface area contributed by atoms with E-state index >= 15 is 0 Å². The molecule has 4 aromatic carbocycles. The average molecular weight is 454 g/mol. The summed E-state index contributed by atoms with van der Waals surface area (Å²) < 4.78 is 0. The summed E-state index contributed by atoms with van der Waals surface area (Å²) in [7, 11) is 0. The number of hydrogen-bond acceptors (Lipinski definition) is 6. The highest BCUT2D eigenvalue weighted by Gasteiger charge is 2.36. The van der Waals surface area contributed by atoms with Gasteiger partial charge in [-0.3, -0.25) is 19.2 Å². The Morgan fingerprint density at radius 2 is 0.912 bits per heavy atom. The van der Waals surface area contributed by atoms with Gasteiger partial charge in [0.15, 0.2) is 0 Å². The van der Waals surface area contributed by atoms with E-state index in [1.165, 1.54) is 24.3 Å². The maximum atomic E-state index is 13.0. The maximum absolute atomic E-state index is 13.0. The predicted molar refractivity (Wildman–Crippen MR) is 125 cm³/mol. The minimum Gasteiger partial charge on any atom is -0.507 e. The minimum atomic E-state index is -0.759. The second kappa shape index (κ2) is 8.00. The third-order valence-corrected chi connectivity index (χ3v) is 5.80. The van der Waals surface area contributed by atoms with Crippen LogP contribution in [-0.2, 0) is 19.2 Å². The van der Waals surface area contributed by atoms with Crippen molar-refractivity contribution in [3.8, 4) is 11.5 Å². The summed E-state index contributed by atoms with van der Waals surface area (Å²) in [6.07, 6.45) is -1.37. The van der Waals surface area contributed by atoms with Crippen molar-refractivity contribution in [2.24, 2.45) is 0 Å². The molecule has 0 aromatic heterocycles. The summed E-state index contributed by atoms with van der Waals surface area (Å²) in [5, 5.41) is 22.3. The van der Waals surface area contributed by atoms with Crippen LogP contribution in [0.15, 0.2) is 72.8 Å². The molecule has 5 rings (SSSR count). The van der Waals surface area contributed by atoms with Gasteiger partial charge in [-0.25, -0.2) is 9.80 Å². The molecule has 4 amide bonds. The van der Waals surface area contributed by atoms with Gasteiger partial charge in [-0.15, -0.1) is 0 Å². The Hall–Kier alpha value is -4.72. The van der Waals surface area contributed by atoms with Crippen molar-refractivity contribution in [1.29, 1.82) is 0 Å². The van der Waals surface area contributed by atoms with Crippen LogP contribution in [-0.4, -0.2) is 33.8 Å². The molecule has 2 N–H and O–H groups in total. The Kier molecular flexibility index (Phi) is 4.98. The SMILES string of the molecule is O=C1CC(=O)N(c2ccc3c(O)cccc3c2)C(=O)CC(=O)N1c1ccc2c(O)cccc2c1. The van der Waals surface area contributed by atoms with E-state index in [9.17, 15) is 29.4 Å². The fraction of sp³-hybridized carbons (Fsp3) is 0.0769. The number of phenolic OH excluding ortho intramolecular Hbond substituents is 2. The number of amides is 4. The zero-order valence-corrected chi connectivity index (χ0v) is 17.8. The van der Waals surface area contributed by atoms with Crippen LogP contribution in [0.3, 0.4) is 0 Å². The first kappa shape index (κ1) is 21.1. The fourth-order valence-electron chi connectivity index (χ4n) is 4.22. The molecule has 8 nitrogen and oxygen atoms in total. The Labute approximate surface area is 193 Å². The van der Waals surface area contributed by atoms with Crippen molar-refractivity contribution in [2.45, 2.75) is 12.8 Å². The highest BCUT2D eigenvalue weighted by atomic mass is 16.3. The van der Waals surface area contributed by atoms with Crippen LogP contribution in [0.4, 0.5) is 11.4 Å². The molecule has 34 heavy (non-hydrogen) atoms. The summed E-state index contributed by atoms with van der Waals surface area (Å²) in [6, 6.07) is 19.0. The molecule has 1 aliphatic heterocycles. The summed E-state index contributed by atoms with van der Waals surface area (Å²) in [6.45, 7) is 0. The highest BCUT2D eigenvalue weighted by Crippen LogP contribution is 2.32. The van der Waals surface area contributed by atoms with Crippen molar-refractivity contribution in [3.05, 3.63) is 72.8 Å². The molecule has 1 aliphatic rings. The molecule has 0 unspecified atom stereocenters. The molecular formula is C26H18N2O6. The average Bonchev–Trinajstić information content (AvgIpc) is 2.79. The molecule has 0 aliphatic carbocycles. The van der Waals surface area contributed by atoms with Gasteiger partial charge in [-0.05, 0) is 59.3 Å². The van der Waals surface area contributed by atoms with Crippen LogP contribution in [0.25, 0.3) is 21.5 Å². The number of phenols is 2. The maximum Gasteiger partial charge on any atom is 0.243 e. The largest absolute Gasteiger partial charge is 0.507 e. The molecule has 1 saturated heterocycles. The van der Waals surface area contributed by atoms with E-state index in [1.807, 2.05) is 0 Å². The van der Waals surface area contributed by atoms with E-state index in [4.69, 9.17) is 0 Å². The zero-order chi connectivity index (χ0) is 24.0. The number of imide groups is 2. The summed E-state index contributed by atoms with van der Waals surface area (Å²) in [5.74, 6) is -2.93. The molecular weight excluding hydrogens is 436 g/mol. The molecule has 0 radical (unpaired) electrons. The number of nitrogens with zero attached hydrogens (tertiary/aromatic N) is 2. The van der Waals surface area contributed by atoms with E-state index in [2.05, 4.69) is 0 Å². The highest BCUT2D eigenvalue weighted by molar-refractivity contribution is 6.31. The van der Waals surface area contributed by atoms with Crippen molar-refractivity contribution < 1.29 is 29.4 Å². The van der Waals surface area contributed by atoms with Gasteiger partial charge in [0.05, 0.1) is 11.4 Å². The summed E-state index contributed by atoms with van der Waals surface area (Å²) in [5.41, 5.74) is 0.423. The summed E-state index contributed by atoms with van der Waals surface area (Å²) >= 11 is 0. The van der Waals surface area contributed by atoms with Crippen molar-refractivity contribution in [1.82, 2.24) is 0 Å². The van der Waals surface area contributed by atoms with Crippen LogP contribution in [0.2, 0.25) is 0 Å². The number of carbonyl (C=O) groups is 4. The third-order valence-electron chi connectivity index (χ3n) is 5.80. The molecule has 1 fully saturated rings. The standard InChI is InChI=1S/C26H18N2O6/c29-21-5-1-3-15-11-17(7-9-19(15)21)27-23(31)13-25(33)28(26(34)14-24(27)32)18-8-10-20-16(12-18)4-2-6-22(20)30/h1-12,29-30H,13-14H2. The summed E-state index contributed by atoms with van der Waals surface area (Å²) in [4.78, 5) is 53.7. The van der Waals surface area contributed by atoms with Crippen LogP contribution in [0.1, 0.15) is 12.8 Å². The lowest BCUT2D eigenvalue weighted by Gasteiger charge is -2.28. The third kappa shape index (κ3) is 3.51. The molecule has 8 heteroatoms. The van der Waals surface area contributed by atoms with Gasteiger partial charge in [-0.1, -0.05) is 24.3 Å². The Balaban J connectivity index is 1.50. The Morgan fingerprint density at radius 1 is 0.529 bits per heavy atom. The van der Waals surface area contributed by atoms with Crippen LogP contribution in [0.5, 0.6) is 11.5 Å². The topological polar surface area (TPSA) is 115 Å². The first-order valence-corrected chi connectivity index (χ1v) is 10.5. The smallest absolute Gasteiger partial charge is 0.243 e. The number of benzene rings is 4. The number of hydrogen-bond donors (Lipinski definition) is 2. The number of carbonyl (C=O) groups excluding carboxylic acids is 4. The van der Waals surface area contributed by atoms with E-state index in [0.29, 0.717) is 21.5 Å². The van der Waals surface area contributed by atoms with E-state index in [1.54, 1.807) is 48.5 Å². The second-order valence-corrected chi connectivity index (χ2v) is 7.96. The normalized spacial score (nSPS) is 15.2. The van der Waals surface area contributed by atoms with Crippen molar-refractivity contribution in [2.75, 3.05) is 9.80 Å². The minimum absolute atomic E-state index is 0.0547. The molecule has 1 heterocycles. The monoisotopic (exact) mass is 454 g/mol. The number of rotatable bonds is 2. The second-order valence-electron chi connectivity index (χ2n) is 7.96. The number of aromatic hydroxyl groups is 2. The lowest BCUT2D eigenvalue weighted by atomic mass is 10.1. The zero-order valence-electron chi connectivity index (χ0n) is 17.8. The van der Waals surface area contributed by atoms with Crippen LogP contribution < -0.4 is 9.80 Å². The van der Waals surface area contributed by atoms with Gasteiger partial charge in [-0.2, -0.15) is 0 Å². The molecule has 4 aromatic rings. The molecule has 0 saturated carbocycles. The van der Waals surface area contributed by atoms with Crippen LogP contribution >= 0.6 is 0 Å². The van der Waals surface area contributed by atoms with Gasteiger partial charge in [0.25, 0.3) is 0 Å². The van der Waals surface area contributed by atoms with E-state index in [-0.39, 0.29) is 22.9 Å². The first-order chi connectivity index (χ1) is 16.3. The fourth-order valence-corrected chi connectivity index (χ4v) is 4.22. The number of anilines is 2. The van der Waals surface area contributed by atoms with Crippen molar-refractivity contribution >= 4 is 56.5 Å². The molecule has 168 valence electrons. The van der Waals surface area contributed by atoms with Gasteiger partial charge < -0.3 is 10.2 Å². The lowest BCUT2D eigenvalue weighted by molar-refractivity contribution is -0.134. The number of fused-ring (bicyclic) bond motifs is 2. The van der Waals surface area contributed by atoms with Gasteiger partial charge in [0.1, 0.15) is 24.3 Å². The Bertz CT molecular complexity index is 1380. The van der Waals surface area contributed by atoms with Gasteiger partial charge in [0, 0.05) is 10.8 Å². The molecule has 0 spiro atoms. The lowest BCUT2D eigenvalue weighted by Crippen LogP contribution is -2.49. The van der Waals surface area contributed by atoms with E-state index in [0.717, 1.165) is 9.80 Å². The quantitative estimate of drug-likeness (QED) is 0.353. The Morgan fingerprint density at radius 3 is 1.29 bits per heavy atom. The van der Waals surface area contributed by atoms with E-state index < -0.39 is 36.5 Å². The predicted octanol–water partition coefficient (Wildman–Crippen LogP) is 3.62. The van der Waals surface area contributed by atoms with Gasteiger partial charge >= 0.3 is 0 Å². The van der Waals surface area contributed by atoms with Gasteiger partial charge in [0.2, 0.25) is 23.6 Å². The van der Waals surface area contributed by atoms with Crippen molar-refractivity contribution in [3.63, 3.8) is 0 Å². The molecule has 0 bridgehead atoms. The van der Waals surface area contributed by atoms with Crippen LogP contribution in [0, 0.1) is 0 Å².